The van der Waals surface area contributed by atoms with Crippen molar-refractivity contribution in [3.05, 3.63) is 46.2 Å². The lowest BCUT2D eigenvalue weighted by molar-refractivity contribution is 0.0476. The molecular formula is C12H10Cl2N4O. The minimum Gasteiger partial charge on any atom is -0.334 e. The molecule has 1 aromatic carbocycles. The molecule has 0 radical (unpaired) electrons. The van der Waals surface area contributed by atoms with Crippen molar-refractivity contribution in [2.75, 3.05) is 13.1 Å². The van der Waals surface area contributed by atoms with Gasteiger partial charge in [-0.15, -0.1) is 0 Å². The van der Waals surface area contributed by atoms with Crippen molar-refractivity contribution in [1.29, 1.82) is 0 Å². The molecule has 2 aromatic rings. The Kier molecular flexibility index (Phi) is 3.16. The molecule has 7 heteroatoms. The topological polar surface area (TPSA) is 51.0 Å². The molecule has 0 atom stereocenters. The SMILES string of the molecule is O=C(c1ccc(Cl)cc1Cl)N1CC(n2nccn2)C1. The van der Waals surface area contributed by atoms with Crippen LogP contribution in [0, 0.1) is 0 Å². The highest BCUT2D eigenvalue weighted by molar-refractivity contribution is 6.36. The van der Waals surface area contributed by atoms with E-state index in [2.05, 4.69) is 10.2 Å². The molecule has 1 aromatic heterocycles. The Balaban J connectivity index is 1.70. The van der Waals surface area contributed by atoms with Gasteiger partial charge in [0.25, 0.3) is 5.91 Å². The fourth-order valence-electron chi connectivity index (χ4n) is 2.02. The van der Waals surface area contributed by atoms with Crippen LogP contribution in [0.3, 0.4) is 0 Å². The average molecular weight is 297 g/mol. The summed E-state index contributed by atoms with van der Waals surface area (Å²) in [5, 5.41) is 9.01. The molecule has 0 spiro atoms. The van der Waals surface area contributed by atoms with E-state index in [0.717, 1.165) is 0 Å². The summed E-state index contributed by atoms with van der Waals surface area (Å²) in [6, 6.07) is 5.02. The van der Waals surface area contributed by atoms with Crippen LogP contribution in [-0.4, -0.2) is 38.9 Å². The fourth-order valence-corrected chi connectivity index (χ4v) is 2.50. The van der Waals surface area contributed by atoms with Crippen LogP contribution in [0.25, 0.3) is 0 Å². The third-order valence-corrected chi connectivity index (χ3v) is 3.62. The highest BCUT2D eigenvalue weighted by atomic mass is 35.5. The zero-order valence-corrected chi connectivity index (χ0v) is 11.3. The Labute approximate surface area is 119 Å². The van der Waals surface area contributed by atoms with Gasteiger partial charge in [-0.2, -0.15) is 15.0 Å². The molecule has 19 heavy (non-hydrogen) atoms. The third-order valence-electron chi connectivity index (χ3n) is 3.07. The monoisotopic (exact) mass is 296 g/mol. The minimum atomic E-state index is -0.0925. The number of carbonyl (C=O) groups is 1. The van der Waals surface area contributed by atoms with Crippen LogP contribution in [0.15, 0.2) is 30.6 Å². The Morgan fingerprint density at radius 3 is 2.53 bits per heavy atom. The highest BCUT2D eigenvalue weighted by Crippen LogP contribution is 2.26. The molecular weight excluding hydrogens is 287 g/mol. The van der Waals surface area contributed by atoms with Gasteiger partial charge in [-0.1, -0.05) is 23.2 Å². The van der Waals surface area contributed by atoms with Crippen molar-refractivity contribution in [1.82, 2.24) is 19.9 Å². The first kappa shape index (κ1) is 12.4. The van der Waals surface area contributed by atoms with Crippen LogP contribution in [0.1, 0.15) is 16.4 Å². The summed E-state index contributed by atoms with van der Waals surface area (Å²) in [5.41, 5.74) is 0.470. The Bertz CT molecular complexity index is 608. The minimum absolute atomic E-state index is 0.0925. The van der Waals surface area contributed by atoms with Gasteiger partial charge in [0.05, 0.1) is 23.0 Å². The van der Waals surface area contributed by atoms with Crippen LogP contribution in [0.2, 0.25) is 10.0 Å². The van der Waals surface area contributed by atoms with Gasteiger partial charge in [0.15, 0.2) is 0 Å². The summed E-state index contributed by atoms with van der Waals surface area (Å²) >= 11 is 11.8. The number of rotatable bonds is 2. The Morgan fingerprint density at radius 2 is 1.89 bits per heavy atom. The van der Waals surface area contributed by atoms with Gasteiger partial charge in [-0.25, -0.2) is 0 Å². The van der Waals surface area contributed by atoms with Gasteiger partial charge in [0.1, 0.15) is 6.04 Å². The third kappa shape index (κ3) is 2.31. The molecule has 1 aliphatic heterocycles. The number of benzene rings is 1. The smallest absolute Gasteiger partial charge is 0.255 e. The number of hydrogen-bond donors (Lipinski definition) is 0. The van der Waals surface area contributed by atoms with Gasteiger partial charge in [-0.3, -0.25) is 4.79 Å². The van der Waals surface area contributed by atoms with E-state index in [-0.39, 0.29) is 11.9 Å². The fraction of sp³-hybridized carbons (Fsp3) is 0.250. The second-order valence-corrected chi connectivity index (χ2v) is 5.18. The number of carbonyl (C=O) groups excluding carboxylic acids is 1. The van der Waals surface area contributed by atoms with Crippen LogP contribution in [0.5, 0.6) is 0 Å². The van der Waals surface area contributed by atoms with E-state index < -0.39 is 0 Å². The van der Waals surface area contributed by atoms with E-state index in [1.807, 2.05) is 0 Å². The van der Waals surface area contributed by atoms with E-state index in [1.54, 1.807) is 40.3 Å². The summed E-state index contributed by atoms with van der Waals surface area (Å²) in [4.78, 5) is 15.6. The largest absolute Gasteiger partial charge is 0.334 e. The molecule has 0 saturated carbocycles. The van der Waals surface area contributed by atoms with Crippen molar-refractivity contribution in [3.63, 3.8) is 0 Å². The van der Waals surface area contributed by atoms with E-state index in [0.29, 0.717) is 28.7 Å². The van der Waals surface area contributed by atoms with Crippen molar-refractivity contribution in [2.45, 2.75) is 6.04 Å². The van der Waals surface area contributed by atoms with Crippen LogP contribution >= 0.6 is 23.2 Å². The van der Waals surface area contributed by atoms with Crippen LogP contribution in [-0.2, 0) is 0 Å². The zero-order valence-electron chi connectivity index (χ0n) is 9.83. The van der Waals surface area contributed by atoms with Gasteiger partial charge >= 0.3 is 0 Å². The molecule has 1 fully saturated rings. The summed E-state index contributed by atoms with van der Waals surface area (Å²) in [6.07, 6.45) is 3.25. The van der Waals surface area contributed by atoms with E-state index in [1.165, 1.54) is 0 Å². The van der Waals surface area contributed by atoms with Crippen molar-refractivity contribution in [2.24, 2.45) is 0 Å². The van der Waals surface area contributed by atoms with Gasteiger partial charge in [0.2, 0.25) is 0 Å². The molecule has 5 nitrogen and oxygen atoms in total. The maximum atomic E-state index is 12.2. The number of hydrogen-bond acceptors (Lipinski definition) is 3. The zero-order chi connectivity index (χ0) is 13.4. The van der Waals surface area contributed by atoms with E-state index in [4.69, 9.17) is 23.2 Å². The van der Waals surface area contributed by atoms with Gasteiger partial charge in [0, 0.05) is 18.1 Å². The summed E-state index contributed by atoms with van der Waals surface area (Å²) in [5.74, 6) is -0.0925. The molecule has 98 valence electrons. The second-order valence-electron chi connectivity index (χ2n) is 4.34. The standard InChI is InChI=1S/C12H10Cl2N4O/c13-8-1-2-10(11(14)5-8)12(19)17-6-9(7-17)18-15-3-4-16-18/h1-5,9H,6-7H2. The molecule has 0 N–H and O–H groups in total. The molecule has 0 aliphatic carbocycles. The Hall–Kier alpha value is -1.59. The summed E-state index contributed by atoms with van der Waals surface area (Å²) in [7, 11) is 0. The number of aromatic nitrogens is 3. The lowest BCUT2D eigenvalue weighted by atomic mass is 10.1. The van der Waals surface area contributed by atoms with E-state index >= 15 is 0 Å². The molecule has 1 saturated heterocycles. The second kappa shape index (κ2) is 4.83. The summed E-state index contributed by atoms with van der Waals surface area (Å²) < 4.78 is 0. The average Bonchev–Trinajstić information content (AvgIpc) is 2.80. The molecule has 0 unspecified atom stereocenters. The maximum absolute atomic E-state index is 12.2. The molecule has 2 heterocycles. The van der Waals surface area contributed by atoms with Crippen LogP contribution in [0.4, 0.5) is 0 Å². The molecule has 1 amide bonds. The lowest BCUT2D eigenvalue weighted by Gasteiger charge is -2.38. The van der Waals surface area contributed by atoms with Crippen molar-refractivity contribution < 1.29 is 4.79 Å². The first-order chi connectivity index (χ1) is 9.15. The lowest BCUT2D eigenvalue weighted by Crippen LogP contribution is -2.51. The van der Waals surface area contributed by atoms with Gasteiger partial charge < -0.3 is 4.90 Å². The Morgan fingerprint density at radius 1 is 1.21 bits per heavy atom. The number of nitrogens with zero attached hydrogens (tertiary/aromatic N) is 4. The quantitative estimate of drug-likeness (QED) is 0.854. The predicted octanol–water partition coefficient (Wildman–Crippen LogP) is 2.28. The molecule has 0 bridgehead atoms. The maximum Gasteiger partial charge on any atom is 0.255 e. The van der Waals surface area contributed by atoms with Gasteiger partial charge in [-0.05, 0) is 18.2 Å². The normalized spacial score (nSPS) is 15.4. The van der Waals surface area contributed by atoms with Crippen LogP contribution < -0.4 is 0 Å². The summed E-state index contributed by atoms with van der Waals surface area (Å²) in [6.45, 7) is 1.18. The molecule has 3 rings (SSSR count). The number of halogens is 2. The predicted molar refractivity (Wildman–Crippen MR) is 71.4 cm³/mol. The number of amides is 1. The highest BCUT2D eigenvalue weighted by Gasteiger charge is 2.34. The van der Waals surface area contributed by atoms with E-state index in [9.17, 15) is 4.79 Å². The first-order valence-electron chi connectivity index (χ1n) is 5.75. The first-order valence-corrected chi connectivity index (χ1v) is 6.51. The van der Waals surface area contributed by atoms with Crippen molar-refractivity contribution >= 4 is 29.1 Å². The number of likely N-dealkylation sites (tertiary alicyclic amines) is 1. The molecule has 1 aliphatic rings. The van der Waals surface area contributed by atoms with Crippen molar-refractivity contribution in [3.8, 4) is 0 Å².